The number of aliphatic hydroxyl groups excluding tert-OH is 2. The molecule has 5 rings (SSSR count). The lowest BCUT2D eigenvalue weighted by Gasteiger charge is -2.35. The number of hydrogen-bond acceptors (Lipinski definition) is 4. The molecule has 1 aliphatic rings. The lowest BCUT2D eigenvalue weighted by molar-refractivity contribution is -0.0122. The van der Waals surface area contributed by atoms with Crippen LogP contribution in [0.25, 0.3) is 21.5 Å². The Morgan fingerprint density at radius 2 is 1.77 bits per heavy atom. The predicted octanol–water partition coefficient (Wildman–Crippen LogP) is 5.29. The molecule has 4 nitrogen and oxygen atoms in total. The monoisotopic (exact) mass is 416 g/mol. The zero-order valence-corrected chi connectivity index (χ0v) is 17.9. The standard InChI is InChI=1S/C27H28O4/c1-16(2)31-26-13-18-8-10-20-19-6-4-3-5-17(19)7-9-21(20)23(18)14-24(26)22-11-12-30-27(22)25(29)15-28/h3-12,16,24-26,28-29H,13-15H2,1-2H3. The van der Waals surface area contributed by atoms with Gasteiger partial charge in [-0.05, 0) is 65.4 Å². The Morgan fingerprint density at radius 1 is 0.968 bits per heavy atom. The van der Waals surface area contributed by atoms with E-state index in [1.807, 2.05) is 6.07 Å². The fourth-order valence-corrected chi connectivity index (χ4v) is 5.13. The molecule has 160 valence electrons. The Labute approximate surface area is 182 Å². The van der Waals surface area contributed by atoms with Crippen molar-refractivity contribution in [2.24, 2.45) is 0 Å². The van der Waals surface area contributed by atoms with Gasteiger partial charge in [-0.3, -0.25) is 0 Å². The Hall–Kier alpha value is -2.66. The zero-order chi connectivity index (χ0) is 21.5. The fourth-order valence-electron chi connectivity index (χ4n) is 5.13. The molecule has 3 aromatic carbocycles. The third-order valence-corrected chi connectivity index (χ3v) is 6.48. The van der Waals surface area contributed by atoms with Crippen LogP contribution in [-0.2, 0) is 17.6 Å². The molecule has 0 bridgehead atoms. The highest BCUT2D eigenvalue weighted by atomic mass is 16.5. The van der Waals surface area contributed by atoms with Gasteiger partial charge in [-0.15, -0.1) is 0 Å². The Morgan fingerprint density at radius 3 is 2.58 bits per heavy atom. The number of furan rings is 1. The summed E-state index contributed by atoms with van der Waals surface area (Å²) in [5, 5.41) is 24.8. The maximum atomic E-state index is 10.3. The van der Waals surface area contributed by atoms with Crippen molar-refractivity contribution in [3.05, 3.63) is 83.3 Å². The number of rotatable bonds is 5. The number of benzene rings is 3. The van der Waals surface area contributed by atoms with Crippen LogP contribution < -0.4 is 0 Å². The largest absolute Gasteiger partial charge is 0.466 e. The minimum Gasteiger partial charge on any atom is -0.466 e. The van der Waals surface area contributed by atoms with E-state index in [4.69, 9.17) is 9.15 Å². The maximum Gasteiger partial charge on any atom is 0.138 e. The van der Waals surface area contributed by atoms with Crippen molar-refractivity contribution >= 4 is 21.5 Å². The van der Waals surface area contributed by atoms with Crippen molar-refractivity contribution in [2.75, 3.05) is 6.61 Å². The summed E-state index contributed by atoms with van der Waals surface area (Å²) >= 11 is 0. The molecule has 0 amide bonds. The van der Waals surface area contributed by atoms with E-state index in [2.05, 4.69) is 62.4 Å². The molecule has 1 aromatic heterocycles. The predicted molar refractivity (Wildman–Crippen MR) is 122 cm³/mol. The molecule has 0 spiro atoms. The maximum absolute atomic E-state index is 10.3. The highest BCUT2D eigenvalue weighted by Gasteiger charge is 2.35. The second kappa shape index (κ2) is 8.12. The van der Waals surface area contributed by atoms with Gasteiger partial charge < -0.3 is 19.4 Å². The van der Waals surface area contributed by atoms with Crippen molar-refractivity contribution in [2.45, 2.75) is 50.9 Å². The topological polar surface area (TPSA) is 62.8 Å². The first-order valence-corrected chi connectivity index (χ1v) is 11.0. The molecule has 31 heavy (non-hydrogen) atoms. The third-order valence-electron chi connectivity index (χ3n) is 6.48. The number of fused-ring (bicyclic) bond motifs is 5. The van der Waals surface area contributed by atoms with Crippen LogP contribution in [0.4, 0.5) is 0 Å². The first-order valence-electron chi connectivity index (χ1n) is 11.0. The Balaban J connectivity index is 1.65. The summed E-state index contributed by atoms with van der Waals surface area (Å²) in [5.74, 6) is 0.487. The van der Waals surface area contributed by atoms with E-state index in [0.717, 1.165) is 18.4 Å². The molecule has 1 heterocycles. The van der Waals surface area contributed by atoms with Crippen molar-refractivity contribution in [1.29, 1.82) is 0 Å². The van der Waals surface area contributed by atoms with Gasteiger partial charge in [-0.2, -0.15) is 0 Å². The van der Waals surface area contributed by atoms with Crippen LogP contribution in [0.5, 0.6) is 0 Å². The number of hydrogen-bond donors (Lipinski definition) is 2. The highest BCUT2D eigenvalue weighted by Crippen LogP contribution is 2.42. The first-order chi connectivity index (χ1) is 15.1. The van der Waals surface area contributed by atoms with Crippen LogP contribution in [0, 0.1) is 0 Å². The third kappa shape index (κ3) is 3.55. The highest BCUT2D eigenvalue weighted by molar-refractivity contribution is 6.08. The Kier molecular flexibility index (Phi) is 5.30. The van der Waals surface area contributed by atoms with Crippen molar-refractivity contribution < 1.29 is 19.4 Å². The van der Waals surface area contributed by atoms with Crippen LogP contribution in [-0.4, -0.2) is 29.0 Å². The molecule has 1 aliphatic carbocycles. The summed E-state index contributed by atoms with van der Waals surface area (Å²) in [6.07, 6.45) is 2.25. The van der Waals surface area contributed by atoms with E-state index in [0.29, 0.717) is 5.76 Å². The molecule has 0 saturated carbocycles. The Bertz CT molecular complexity index is 1220. The van der Waals surface area contributed by atoms with Crippen LogP contribution in [0.15, 0.2) is 65.3 Å². The van der Waals surface area contributed by atoms with Crippen molar-refractivity contribution in [1.82, 2.24) is 0 Å². The summed E-state index contributed by atoms with van der Waals surface area (Å²) in [6.45, 7) is 3.74. The average molecular weight is 417 g/mol. The SMILES string of the molecule is CC(C)OC1Cc2ccc3c(ccc4ccccc43)c2CC1c1ccoc1C(O)CO. The first kappa shape index (κ1) is 20.3. The molecule has 2 N–H and O–H groups in total. The molecule has 3 atom stereocenters. The summed E-state index contributed by atoms with van der Waals surface area (Å²) in [5.41, 5.74) is 3.58. The second-order valence-corrected chi connectivity index (χ2v) is 8.76. The molecule has 4 aromatic rings. The second-order valence-electron chi connectivity index (χ2n) is 8.76. The minimum atomic E-state index is -1.03. The number of ether oxygens (including phenoxy) is 1. The van der Waals surface area contributed by atoms with Crippen LogP contribution in [0.2, 0.25) is 0 Å². The molecule has 3 unspecified atom stereocenters. The summed E-state index contributed by atoms with van der Waals surface area (Å²) in [6, 6.07) is 19.3. The average Bonchev–Trinajstić information content (AvgIpc) is 3.27. The lowest BCUT2D eigenvalue weighted by Crippen LogP contribution is -2.33. The van der Waals surface area contributed by atoms with E-state index in [-0.39, 0.29) is 24.7 Å². The van der Waals surface area contributed by atoms with Crippen LogP contribution in [0.3, 0.4) is 0 Å². The van der Waals surface area contributed by atoms with Gasteiger partial charge in [-0.25, -0.2) is 0 Å². The normalized spacial score (nSPS) is 19.8. The smallest absolute Gasteiger partial charge is 0.138 e. The van der Waals surface area contributed by atoms with Gasteiger partial charge in [0.25, 0.3) is 0 Å². The van der Waals surface area contributed by atoms with E-state index in [1.54, 1.807) is 6.26 Å². The summed E-state index contributed by atoms with van der Waals surface area (Å²) < 4.78 is 11.9. The van der Waals surface area contributed by atoms with E-state index < -0.39 is 6.10 Å². The zero-order valence-electron chi connectivity index (χ0n) is 17.9. The van der Waals surface area contributed by atoms with Gasteiger partial charge in [0, 0.05) is 11.5 Å². The van der Waals surface area contributed by atoms with Gasteiger partial charge in [0.2, 0.25) is 0 Å². The van der Waals surface area contributed by atoms with Gasteiger partial charge in [-0.1, -0.05) is 48.5 Å². The van der Waals surface area contributed by atoms with Gasteiger partial charge in [0.15, 0.2) is 0 Å². The summed E-state index contributed by atoms with van der Waals surface area (Å²) in [7, 11) is 0. The van der Waals surface area contributed by atoms with Crippen LogP contribution >= 0.6 is 0 Å². The molecule has 4 heteroatoms. The van der Waals surface area contributed by atoms with E-state index >= 15 is 0 Å². The van der Waals surface area contributed by atoms with E-state index in [1.165, 1.54) is 32.7 Å². The quantitative estimate of drug-likeness (QED) is 0.434. The molecular weight excluding hydrogens is 388 g/mol. The van der Waals surface area contributed by atoms with Gasteiger partial charge in [0.05, 0.1) is 25.1 Å². The molecular formula is C27H28O4. The summed E-state index contributed by atoms with van der Waals surface area (Å²) in [4.78, 5) is 0. The lowest BCUT2D eigenvalue weighted by atomic mass is 9.75. The molecule has 0 aliphatic heterocycles. The van der Waals surface area contributed by atoms with Crippen molar-refractivity contribution in [3.63, 3.8) is 0 Å². The van der Waals surface area contributed by atoms with Gasteiger partial charge >= 0.3 is 0 Å². The number of aliphatic hydroxyl groups is 2. The van der Waals surface area contributed by atoms with E-state index in [9.17, 15) is 10.2 Å². The molecule has 0 saturated heterocycles. The van der Waals surface area contributed by atoms with Crippen LogP contribution in [0.1, 0.15) is 48.3 Å². The molecule has 0 fully saturated rings. The van der Waals surface area contributed by atoms with Crippen molar-refractivity contribution in [3.8, 4) is 0 Å². The fraction of sp³-hybridized carbons (Fsp3) is 0.333. The minimum absolute atomic E-state index is 0.0207. The van der Waals surface area contributed by atoms with Gasteiger partial charge in [0.1, 0.15) is 11.9 Å². The molecule has 0 radical (unpaired) electrons.